The van der Waals surface area contributed by atoms with Crippen LogP contribution in [0.15, 0.2) is 59.6 Å². The molecule has 0 saturated carbocycles. The summed E-state index contributed by atoms with van der Waals surface area (Å²) in [7, 11) is 1.67. The van der Waals surface area contributed by atoms with Crippen molar-refractivity contribution in [2.24, 2.45) is 10.7 Å². The lowest BCUT2D eigenvalue weighted by atomic mass is 10.2. The maximum Gasteiger partial charge on any atom is 0.365 e. The third-order valence-corrected chi connectivity index (χ3v) is 4.03. The van der Waals surface area contributed by atoms with Gasteiger partial charge in [-0.25, -0.2) is 14.9 Å². The number of para-hydroxylation sites is 3. The fourth-order valence-corrected chi connectivity index (χ4v) is 2.94. The Bertz CT molecular complexity index is 957. The largest absolute Gasteiger partial charge is 0.496 e. The quantitative estimate of drug-likeness (QED) is 0.648. The summed E-state index contributed by atoms with van der Waals surface area (Å²) in [5.41, 5.74) is 9.02. The van der Waals surface area contributed by atoms with Gasteiger partial charge in [0.2, 0.25) is 0 Å². The third-order valence-electron chi connectivity index (χ3n) is 4.03. The van der Waals surface area contributed by atoms with E-state index in [0.717, 1.165) is 28.3 Å². The number of hydrogen-bond acceptors (Lipinski definition) is 4. The fraction of sp³-hybridized carbons (Fsp3) is 0.111. The molecule has 0 fully saturated rings. The average Bonchev–Trinajstić information content (AvgIpc) is 2.98. The van der Waals surface area contributed by atoms with Gasteiger partial charge in [0, 0.05) is 5.56 Å². The van der Waals surface area contributed by atoms with Gasteiger partial charge in [0.1, 0.15) is 16.8 Å². The number of aliphatic imine (C=N–C) groups is 1. The molecule has 4 N–H and O–H groups in total. The van der Waals surface area contributed by atoms with Gasteiger partial charge in [0.15, 0.2) is 6.17 Å². The van der Waals surface area contributed by atoms with E-state index < -0.39 is 0 Å². The normalized spacial score (nSPS) is 16.7. The Labute approximate surface area is 139 Å². The molecule has 1 aromatic heterocycles. The van der Waals surface area contributed by atoms with Gasteiger partial charge < -0.3 is 10.5 Å². The van der Waals surface area contributed by atoms with Crippen LogP contribution in [-0.2, 0) is 0 Å². The molecular weight excluding hydrogens is 302 g/mol. The molecule has 0 spiro atoms. The zero-order chi connectivity index (χ0) is 16.5. The molecule has 120 valence electrons. The van der Waals surface area contributed by atoms with Crippen LogP contribution in [0.3, 0.4) is 0 Å². The van der Waals surface area contributed by atoms with Crippen LogP contribution in [0, 0.1) is 0 Å². The predicted molar refractivity (Wildman–Crippen MR) is 94.8 cm³/mol. The highest BCUT2D eigenvalue weighted by atomic mass is 16.5. The second-order valence-electron chi connectivity index (χ2n) is 5.51. The number of benzene rings is 2. The molecule has 0 unspecified atom stereocenters. The van der Waals surface area contributed by atoms with Crippen molar-refractivity contribution in [2.45, 2.75) is 6.17 Å². The summed E-state index contributed by atoms with van der Waals surface area (Å²) in [5.74, 6) is 2.03. The number of imidazole rings is 1. The summed E-state index contributed by atoms with van der Waals surface area (Å²) in [5, 5.41) is 3.08. The van der Waals surface area contributed by atoms with Crippen LogP contribution in [0.1, 0.15) is 11.7 Å². The summed E-state index contributed by atoms with van der Waals surface area (Å²) in [6.45, 7) is 0. The first-order valence-electron chi connectivity index (χ1n) is 7.70. The number of aromatic nitrogens is 2. The number of fused-ring (bicyclic) bond motifs is 3. The maximum atomic E-state index is 5.93. The first-order valence-corrected chi connectivity index (χ1v) is 7.70. The van der Waals surface area contributed by atoms with Gasteiger partial charge >= 0.3 is 5.95 Å². The molecule has 0 saturated heterocycles. The molecule has 3 aromatic rings. The van der Waals surface area contributed by atoms with Crippen molar-refractivity contribution < 1.29 is 9.30 Å². The molecule has 1 aliphatic heterocycles. The zero-order valence-electron chi connectivity index (χ0n) is 13.2. The summed E-state index contributed by atoms with van der Waals surface area (Å²) < 4.78 is 7.47. The molecule has 24 heavy (non-hydrogen) atoms. The molecule has 0 amide bonds. The molecule has 0 radical (unpaired) electrons. The van der Waals surface area contributed by atoms with Crippen LogP contribution in [0.5, 0.6) is 5.75 Å². The van der Waals surface area contributed by atoms with Crippen LogP contribution in [0.25, 0.3) is 17.1 Å². The van der Waals surface area contributed by atoms with Crippen molar-refractivity contribution in [3.63, 3.8) is 0 Å². The number of rotatable bonds is 3. The number of guanidine groups is 1. The van der Waals surface area contributed by atoms with Crippen molar-refractivity contribution in [2.75, 3.05) is 12.4 Å². The minimum absolute atomic E-state index is 0.234. The Hall–Kier alpha value is -3.28. The van der Waals surface area contributed by atoms with Gasteiger partial charge in [-0.15, -0.1) is 0 Å². The standard InChI is InChI=1S/C18H17N5O/c1-24-15-9-5-2-6-12(15)10-11-16-21-17(19)22-18-20-13-7-3-4-8-14(13)23(16)18/h2-11,16H,1H3,(H3,19,20,21,22)/p+1/b11-10+/t16-/m1/s1. The number of nitrogens with zero attached hydrogens (tertiary/aromatic N) is 2. The first kappa shape index (κ1) is 14.3. The second-order valence-corrected chi connectivity index (χ2v) is 5.51. The maximum absolute atomic E-state index is 5.93. The molecule has 1 atom stereocenters. The third kappa shape index (κ3) is 2.38. The van der Waals surface area contributed by atoms with Crippen LogP contribution < -0.4 is 20.4 Å². The smallest absolute Gasteiger partial charge is 0.365 e. The van der Waals surface area contributed by atoms with E-state index in [1.165, 1.54) is 0 Å². The summed E-state index contributed by atoms with van der Waals surface area (Å²) >= 11 is 0. The van der Waals surface area contributed by atoms with E-state index in [4.69, 9.17) is 10.5 Å². The van der Waals surface area contributed by atoms with E-state index in [9.17, 15) is 0 Å². The van der Waals surface area contributed by atoms with Crippen molar-refractivity contribution in [3.8, 4) is 5.75 Å². The minimum atomic E-state index is -0.234. The van der Waals surface area contributed by atoms with Gasteiger partial charge in [-0.1, -0.05) is 30.3 Å². The highest BCUT2D eigenvalue weighted by Gasteiger charge is 2.28. The lowest BCUT2D eigenvalue weighted by Gasteiger charge is -2.14. The number of aromatic amines is 1. The van der Waals surface area contributed by atoms with E-state index in [0.29, 0.717) is 5.96 Å². The van der Waals surface area contributed by atoms with Crippen LogP contribution in [-0.4, -0.2) is 18.1 Å². The lowest BCUT2D eigenvalue weighted by molar-refractivity contribution is -0.672. The minimum Gasteiger partial charge on any atom is -0.496 e. The average molecular weight is 320 g/mol. The van der Waals surface area contributed by atoms with E-state index in [-0.39, 0.29) is 6.17 Å². The van der Waals surface area contributed by atoms with Crippen LogP contribution in [0.2, 0.25) is 0 Å². The van der Waals surface area contributed by atoms with Crippen molar-refractivity contribution in [1.82, 2.24) is 4.98 Å². The lowest BCUT2D eigenvalue weighted by Crippen LogP contribution is -2.46. The topological polar surface area (TPSA) is 79.3 Å². The van der Waals surface area contributed by atoms with Gasteiger partial charge in [-0.3, -0.25) is 0 Å². The summed E-state index contributed by atoms with van der Waals surface area (Å²) in [6, 6.07) is 15.9. The van der Waals surface area contributed by atoms with Gasteiger partial charge in [-0.05, 0) is 30.4 Å². The number of ether oxygens (including phenoxy) is 1. The molecule has 2 aromatic carbocycles. The number of anilines is 1. The van der Waals surface area contributed by atoms with Crippen molar-refractivity contribution >= 4 is 29.0 Å². The Morgan fingerprint density at radius 3 is 2.83 bits per heavy atom. The summed E-state index contributed by atoms with van der Waals surface area (Å²) in [4.78, 5) is 7.84. The SMILES string of the molecule is COc1ccccc1/C=C/[C@@H]1N=C(N)Nc2[nH]c3ccccc3[n+]21. The van der Waals surface area contributed by atoms with Gasteiger partial charge in [0.05, 0.1) is 7.11 Å². The molecule has 0 aliphatic carbocycles. The molecule has 2 heterocycles. The zero-order valence-corrected chi connectivity index (χ0v) is 13.2. The molecular formula is C18H18N5O+. The van der Waals surface area contributed by atoms with Crippen molar-refractivity contribution in [3.05, 3.63) is 60.2 Å². The van der Waals surface area contributed by atoms with Gasteiger partial charge in [0.25, 0.3) is 5.96 Å². The Kier molecular flexibility index (Phi) is 3.42. The number of hydrogen-bond donors (Lipinski definition) is 3. The molecule has 1 aliphatic rings. The van der Waals surface area contributed by atoms with Crippen LogP contribution >= 0.6 is 0 Å². The molecule has 6 nitrogen and oxygen atoms in total. The second kappa shape index (κ2) is 5.73. The Morgan fingerprint density at radius 2 is 1.96 bits per heavy atom. The van der Waals surface area contributed by atoms with E-state index in [1.807, 2.05) is 54.6 Å². The number of H-pyrrole nitrogens is 1. The number of nitrogens with one attached hydrogen (secondary N) is 2. The van der Waals surface area contributed by atoms with Crippen LogP contribution in [0.4, 0.5) is 5.95 Å². The summed E-state index contributed by atoms with van der Waals surface area (Å²) in [6.07, 6.45) is 3.78. The van der Waals surface area contributed by atoms with E-state index in [1.54, 1.807) is 7.11 Å². The van der Waals surface area contributed by atoms with Crippen molar-refractivity contribution in [1.29, 1.82) is 0 Å². The molecule has 4 rings (SSSR count). The fourth-order valence-electron chi connectivity index (χ4n) is 2.94. The molecule has 6 heteroatoms. The molecule has 0 bridgehead atoms. The highest BCUT2D eigenvalue weighted by molar-refractivity contribution is 5.92. The number of methoxy groups -OCH3 is 1. The Morgan fingerprint density at radius 1 is 1.17 bits per heavy atom. The van der Waals surface area contributed by atoms with E-state index >= 15 is 0 Å². The van der Waals surface area contributed by atoms with Gasteiger partial charge in [-0.2, -0.15) is 4.99 Å². The first-order chi connectivity index (χ1) is 11.8. The Balaban J connectivity index is 1.78. The monoisotopic (exact) mass is 320 g/mol. The predicted octanol–water partition coefficient (Wildman–Crippen LogP) is 2.42. The van der Waals surface area contributed by atoms with E-state index in [2.05, 4.69) is 25.9 Å². The highest BCUT2D eigenvalue weighted by Crippen LogP contribution is 2.23. The number of nitrogens with two attached hydrogens (primary N) is 1.